The van der Waals surface area contributed by atoms with E-state index in [0.29, 0.717) is 18.7 Å². The lowest BCUT2D eigenvalue weighted by molar-refractivity contribution is -0.153. The molecule has 0 aromatic rings. The highest BCUT2D eigenvalue weighted by molar-refractivity contribution is 7.80. The molecule has 0 aliphatic rings. The van der Waals surface area contributed by atoms with Crippen molar-refractivity contribution in [2.45, 2.75) is 71.8 Å². The molecule has 0 aromatic heterocycles. The third-order valence-electron chi connectivity index (χ3n) is 4.16. The molecule has 1 unspecified atom stereocenters. The van der Waals surface area contributed by atoms with Gasteiger partial charge in [0.05, 0.1) is 6.61 Å². The standard InChI is InChI=1S/C19H36N2O5S/c1-4-5-6-7-8-9-16(23)26-14-19(2,3)17(24)18(25)21-11-10-15(22)20-12-13-27/h17,24,27H,4-14H2,1-3H3,(H,20,22)(H,21,25). The molecule has 0 radical (unpaired) electrons. The van der Waals surface area contributed by atoms with Crippen molar-refractivity contribution >= 4 is 30.4 Å². The Labute approximate surface area is 168 Å². The van der Waals surface area contributed by atoms with E-state index in [2.05, 4.69) is 30.2 Å². The first-order valence-electron chi connectivity index (χ1n) is 9.73. The zero-order chi connectivity index (χ0) is 20.7. The number of hydrogen-bond donors (Lipinski definition) is 4. The van der Waals surface area contributed by atoms with Gasteiger partial charge in [-0.3, -0.25) is 14.4 Å². The molecule has 0 saturated carbocycles. The van der Waals surface area contributed by atoms with E-state index in [1.165, 1.54) is 6.42 Å². The predicted octanol–water partition coefficient (Wildman–Crippen LogP) is 1.83. The second-order valence-electron chi connectivity index (χ2n) is 7.33. The Hall–Kier alpha value is -1.28. The van der Waals surface area contributed by atoms with E-state index in [4.69, 9.17) is 4.74 Å². The topological polar surface area (TPSA) is 105 Å². The lowest BCUT2D eigenvalue weighted by atomic mass is 9.87. The number of carbonyl (C=O) groups is 3. The van der Waals surface area contributed by atoms with Gasteiger partial charge in [0.25, 0.3) is 0 Å². The molecule has 0 heterocycles. The van der Waals surface area contributed by atoms with Gasteiger partial charge in [-0.15, -0.1) is 0 Å². The zero-order valence-corrected chi connectivity index (χ0v) is 17.8. The molecule has 0 aromatic carbocycles. The zero-order valence-electron chi connectivity index (χ0n) is 16.9. The molecular formula is C19H36N2O5S. The minimum atomic E-state index is -1.34. The van der Waals surface area contributed by atoms with Gasteiger partial charge < -0.3 is 20.5 Å². The van der Waals surface area contributed by atoms with Crippen LogP contribution in [0.15, 0.2) is 0 Å². The number of nitrogens with one attached hydrogen (secondary N) is 2. The fourth-order valence-corrected chi connectivity index (χ4v) is 2.44. The van der Waals surface area contributed by atoms with E-state index in [0.717, 1.165) is 25.7 Å². The van der Waals surface area contributed by atoms with Crippen LogP contribution in [0, 0.1) is 5.41 Å². The molecular weight excluding hydrogens is 368 g/mol. The van der Waals surface area contributed by atoms with Gasteiger partial charge in [0.15, 0.2) is 0 Å². The molecule has 0 aliphatic heterocycles. The summed E-state index contributed by atoms with van der Waals surface area (Å²) in [6, 6.07) is 0. The number of carbonyl (C=O) groups excluding carboxylic acids is 3. The second-order valence-corrected chi connectivity index (χ2v) is 7.78. The van der Waals surface area contributed by atoms with Crippen LogP contribution in [-0.4, -0.2) is 54.4 Å². The maximum Gasteiger partial charge on any atom is 0.305 e. The highest BCUT2D eigenvalue weighted by Gasteiger charge is 2.34. The van der Waals surface area contributed by atoms with Crippen molar-refractivity contribution in [3.63, 3.8) is 0 Å². The number of hydrogen-bond acceptors (Lipinski definition) is 6. The lowest BCUT2D eigenvalue weighted by Crippen LogP contribution is -2.47. The molecule has 3 N–H and O–H groups in total. The van der Waals surface area contributed by atoms with Crippen molar-refractivity contribution in [3.8, 4) is 0 Å². The minimum Gasteiger partial charge on any atom is -0.465 e. The first kappa shape index (κ1) is 25.7. The highest BCUT2D eigenvalue weighted by atomic mass is 32.1. The Morgan fingerprint density at radius 2 is 1.70 bits per heavy atom. The van der Waals surface area contributed by atoms with Gasteiger partial charge in [-0.25, -0.2) is 0 Å². The molecule has 0 saturated heterocycles. The molecule has 27 heavy (non-hydrogen) atoms. The van der Waals surface area contributed by atoms with Crippen LogP contribution in [0.25, 0.3) is 0 Å². The second kappa shape index (κ2) is 14.7. The van der Waals surface area contributed by atoms with E-state index in [1.54, 1.807) is 13.8 Å². The van der Waals surface area contributed by atoms with Crippen LogP contribution < -0.4 is 10.6 Å². The Bertz CT molecular complexity index is 457. The van der Waals surface area contributed by atoms with Crippen molar-refractivity contribution < 1.29 is 24.2 Å². The molecule has 158 valence electrons. The van der Waals surface area contributed by atoms with Gasteiger partial charge in [-0.2, -0.15) is 12.6 Å². The number of aliphatic hydroxyl groups excluding tert-OH is 1. The lowest BCUT2D eigenvalue weighted by Gasteiger charge is -2.29. The molecule has 8 heteroatoms. The first-order chi connectivity index (χ1) is 12.7. The van der Waals surface area contributed by atoms with Gasteiger partial charge in [0.2, 0.25) is 11.8 Å². The molecule has 0 spiro atoms. The number of unbranched alkanes of at least 4 members (excludes halogenated alkanes) is 4. The predicted molar refractivity (Wildman–Crippen MR) is 109 cm³/mol. The third kappa shape index (κ3) is 12.7. The largest absolute Gasteiger partial charge is 0.465 e. The smallest absolute Gasteiger partial charge is 0.305 e. The quantitative estimate of drug-likeness (QED) is 0.189. The van der Waals surface area contributed by atoms with Crippen molar-refractivity contribution in [2.24, 2.45) is 5.41 Å². The molecule has 7 nitrogen and oxygen atoms in total. The molecule has 2 amide bonds. The summed E-state index contributed by atoms with van der Waals surface area (Å²) in [7, 11) is 0. The van der Waals surface area contributed by atoms with Crippen molar-refractivity contribution in [1.82, 2.24) is 10.6 Å². The summed E-state index contributed by atoms with van der Waals surface area (Å²) in [5.74, 6) is -0.542. The van der Waals surface area contributed by atoms with Crippen LogP contribution in [0.5, 0.6) is 0 Å². The minimum absolute atomic E-state index is 0.0438. The first-order valence-corrected chi connectivity index (χ1v) is 10.4. The van der Waals surface area contributed by atoms with Crippen LogP contribution in [0.2, 0.25) is 0 Å². The summed E-state index contributed by atoms with van der Waals surface area (Å²) in [4.78, 5) is 35.3. The van der Waals surface area contributed by atoms with Crippen LogP contribution in [0.4, 0.5) is 0 Å². The summed E-state index contributed by atoms with van der Waals surface area (Å²) >= 11 is 3.99. The third-order valence-corrected chi connectivity index (χ3v) is 4.39. The van der Waals surface area contributed by atoms with Crippen LogP contribution in [0.1, 0.15) is 65.7 Å². The summed E-state index contributed by atoms with van der Waals surface area (Å²) in [6.45, 7) is 6.00. The average Bonchev–Trinajstić information content (AvgIpc) is 2.63. The van der Waals surface area contributed by atoms with Crippen LogP contribution in [0.3, 0.4) is 0 Å². The summed E-state index contributed by atoms with van der Waals surface area (Å²) in [5, 5.41) is 15.4. The van der Waals surface area contributed by atoms with Gasteiger partial charge in [-0.1, -0.05) is 46.5 Å². The van der Waals surface area contributed by atoms with Gasteiger partial charge in [0, 0.05) is 37.1 Å². The maximum absolute atomic E-state index is 12.1. The van der Waals surface area contributed by atoms with E-state index >= 15 is 0 Å². The Kier molecular flexibility index (Phi) is 14.0. The molecule has 1 atom stereocenters. The molecule has 0 rings (SSSR count). The Balaban J connectivity index is 4.11. The molecule has 0 fully saturated rings. The number of esters is 1. The van der Waals surface area contributed by atoms with E-state index < -0.39 is 17.4 Å². The number of ether oxygens (including phenoxy) is 1. The number of aliphatic hydroxyl groups is 1. The van der Waals surface area contributed by atoms with Crippen molar-refractivity contribution in [1.29, 1.82) is 0 Å². The van der Waals surface area contributed by atoms with Gasteiger partial charge in [-0.05, 0) is 6.42 Å². The fraction of sp³-hybridized carbons (Fsp3) is 0.842. The van der Waals surface area contributed by atoms with Crippen LogP contribution >= 0.6 is 12.6 Å². The Morgan fingerprint density at radius 3 is 2.33 bits per heavy atom. The average molecular weight is 405 g/mol. The van der Waals surface area contributed by atoms with Gasteiger partial charge >= 0.3 is 5.97 Å². The van der Waals surface area contributed by atoms with Gasteiger partial charge in [0.1, 0.15) is 6.10 Å². The number of thiol groups is 1. The number of rotatable bonds is 15. The van der Waals surface area contributed by atoms with E-state index in [-0.39, 0.29) is 31.4 Å². The summed E-state index contributed by atoms with van der Waals surface area (Å²) in [5.41, 5.74) is -0.920. The Morgan fingerprint density at radius 1 is 1.04 bits per heavy atom. The molecule has 0 aliphatic carbocycles. The van der Waals surface area contributed by atoms with E-state index in [9.17, 15) is 19.5 Å². The SMILES string of the molecule is CCCCCCCC(=O)OCC(C)(C)C(O)C(=O)NCCC(=O)NCCS. The maximum atomic E-state index is 12.1. The fourth-order valence-electron chi connectivity index (χ4n) is 2.32. The normalized spacial score (nSPS) is 12.3. The highest BCUT2D eigenvalue weighted by Crippen LogP contribution is 2.22. The van der Waals surface area contributed by atoms with E-state index in [1.807, 2.05) is 0 Å². The summed E-state index contributed by atoms with van der Waals surface area (Å²) in [6.07, 6.45) is 4.36. The van der Waals surface area contributed by atoms with Crippen LogP contribution in [-0.2, 0) is 19.1 Å². The van der Waals surface area contributed by atoms with Crippen molar-refractivity contribution in [3.05, 3.63) is 0 Å². The monoisotopic (exact) mass is 404 g/mol. The molecule has 0 bridgehead atoms. The summed E-state index contributed by atoms with van der Waals surface area (Å²) < 4.78 is 5.22. The van der Waals surface area contributed by atoms with Crippen molar-refractivity contribution in [2.75, 3.05) is 25.4 Å². The number of amides is 2.